The average molecular weight is 755 g/mol. The number of nitrogens with zero attached hydrogens (tertiary/aromatic N) is 2. The van der Waals surface area contributed by atoms with Crippen LogP contribution in [0.15, 0.2) is 179 Å². The molecule has 12 aromatic rings. The van der Waals surface area contributed by atoms with E-state index in [2.05, 4.69) is 166 Å². The van der Waals surface area contributed by atoms with Crippen molar-refractivity contribution in [3.63, 3.8) is 0 Å². The molecule has 0 bridgehead atoms. The summed E-state index contributed by atoms with van der Waals surface area (Å²) < 4.78 is 13.5. The SMILES string of the molecule is CC1(C)c2ccccc2-c2ccc(-c3cc(-c4cccc(-c5cnc6c7ccccc7c7ccccc7c6n5)c4)c4oc5ccc6c7ccccc7oc6c5c4c3)cc21. The number of hydrogen-bond acceptors (Lipinski definition) is 4. The Kier molecular flexibility index (Phi) is 6.48. The fourth-order valence-electron chi connectivity index (χ4n) is 10.0. The van der Waals surface area contributed by atoms with E-state index in [0.29, 0.717) is 0 Å². The third kappa shape index (κ3) is 4.54. The Bertz CT molecular complexity index is 3740. The normalized spacial score (nSPS) is 13.4. The molecule has 0 unspecified atom stereocenters. The van der Waals surface area contributed by atoms with E-state index in [-0.39, 0.29) is 5.41 Å². The maximum atomic E-state index is 6.89. The molecular formula is C55H34N2O2. The van der Waals surface area contributed by atoms with Crippen LogP contribution in [0.4, 0.5) is 0 Å². The van der Waals surface area contributed by atoms with Crippen LogP contribution in [0.1, 0.15) is 25.0 Å². The highest BCUT2D eigenvalue weighted by Gasteiger charge is 2.35. The summed E-state index contributed by atoms with van der Waals surface area (Å²) in [7, 11) is 0. The molecule has 276 valence electrons. The summed E-state index contributed by atoms with van der Waals surface area (Å²) >= 11 is 0. The molecule has 0 radical (unpaired) electrons. The Morgan fingerprint density at radius 3 is 1.95 bits per heavy atom. The fraction of sp³-hybridized carbons (Fsp3) is 0.0545. The highest BCUT2D eigenvalue weighted by Crippen LogP contribution is 2.51. The number of aromatic nitrogens is 2. The molecule has 0 amide bonds. The van der Waals surface area contributed by atoms with Gasteiger partial charge in [0.05, 0.1) is 28.3 Å². The third-order valence-electron chi connectivity index (χ3n) is 12.9. The van der Waals surface area contributed by atoms with Gasteiger partial charge >= 0.3 is 0 Å². The van der Waals surface area contributed by atoms with Gasteiger partial charge in [0.1, 0.15) is 22.3 Å². The number of rotatable bonds is 3. The zero-order chi connectivity index (χ0) is 39.0. The molecule has 0 spiro atoms. The van der Waals surface area contributed by atoms with Gasteiger partial charge in [-0.2, -0.15) is 0 Å². The maximum Gasteiger partial charge on any atom is 0.147 e. The van der Waals surface area contributed by atoms with Crippen LogP contribution in [-0.4, -0.2) is 9.97 Å². The quantitative estimate of drug-likeness (QED) is 0.169. The van der Waals surface area contributed by atoms with Crippen LogP contribution in [0, 0.1) is 0 Å². The predicted molar refractivity (Wildman–Crippen MR) is 243 cm³/mol. The molecule has 0 saturated carbocycles. The molecule has 3 aromatic heterocycles. The first-order valence-electron chi connectivity index (χ1n) is 20.2. The molecule has 4 nitrogen and oxygen atoms in total. The second-order valence-corrected chi connectivity index (χ2v) is 16.5. The first-order chi connectivity index (χ1) is 29.0. The zero-order valence-electron chi connectivity index (χ0n) is 32.4. The monoisotopic (exact) mass is 754 g/mol. The Labute approximate surface area is 339 Å². The van der Waals surface area contributed by atoms with Crippen molar-refractivity contribution >= 4 is 76.5 Å². The van der Waals surface area contributed by atoms with E-state index >= 15 is 0 Å². The van der Waals surface area contributed by atoms with Crippen molar-refractivity contribution in [1.29, 1.82) is 0 Å². The lowest BCUT2D eigenvalue weighted by molar-refractivity contribution is 0.660. The second-order valence-electron chi connectivity index (χ2n) is 16.5. The summed E-state index contributed by atoms with van der Waals surface area (Å²) in [6.07, 6.45) is 1.92. The minimum atomic E-state index is -0.121. The molecular weight excluding hydrogens is 721 g/mol. The molecule has 0 atom stereocenters. The van der Waals surface area contributed by atoms with Crippen LogP contribution >= 0.6 is 0 Å². The standard InChI is InChI=1S/C55H34N2O2/c1-55(2)45-20-9-7-16-37(45)38-23-22-31(29-46(38)55)34-27-43(53-44(28-34)50-49(59-53)25-24-42-39-17-8-10-21-48(39)58-54(42)50)32-12-11-13-33(26-32)47-30-56-51-40-18-5-3-14-35(40)36-15-4-6-19-41(36)52(51)57-47/h3-30H,1-2H3. The lowest BCUT2D eigenvalue weighted by atomic mass is 9.81. The van der Waals surface area contributed by atoms with Crippen molar-refractivity contribution in [1.82, 2.24) is 9.97 Å². The number of fused-ring (bicyclic) bond motifs is 16. The zero-order valence-corrected chi connectivity index (χ0v) is 32.4. The van der Waals surface area contributed by atoms with Gasteiger partial charge in [-0.1, -0.05) is 135 Å². The largest absolute Gasteiger partial charge is 0.455 e. The Morgan fingerprint density at radius 2 is 1.10 bits per heavy atom. The van der Waals surface area contributed by atoms with Crippen LogP contribution in [0.25, 0.3) is 121 Å². The number of hydrogen-bond donors (Lipinski definition) is 0. The molecule has 0 N–H and O–H groups in total. The van der Waals surface area contributed by atoms with Crippen LogP contribution in [0.3, 0.4) is 0 Å². The minimum Gasteiger partial charge on any atom is -0.455 e. The Hall–Kier alpha value is -7.56. The highest BCUT2D eigenvalue weighted by atomic mass is 16.3. The highest BCUT2D eigenvalue weighted by molar-refractivity contribution is 6.25. The number of furan rings is 2. The molecule has 0 aliphatic heterocycles. The maximum absolute atomic E-state index is 6.89. The van der Waals surface area contributed by atoms with Crippen molar-refractivity contribution in [3.05, 3.63) is 181 Å². The first-order valence-corrected chi connectivity index (χ1v) is 20.2. The third-order valence-corrected chi connectivity index (χ3v) is 12.9. The van der Waals surface area contributed by atoms with E-state index in [4.69, 9.17) is 18.8 Å². The number of benzene rings is 9. The predicted octanol–water partition coefficient (Wildman–Crippen LogP) is 15.0. The van der Waals surface area contributed by atoms with E-state index in [0.717, 1.165) is 99.2 Å². The van der Waals surface area contributed by atoms with Crippen LogP contribution in [0.2, 0.25) is 0 Å². The Balaban J connectivity index is 1.05. The van der Waals surface area contributed by atoms with Gasteiger partial charge in [-0.3, -0.25) is 4.98 Å². The first kappa shape index (κ1) is 32.5. The van der Waals surface area contributed by atoms with Gasteiger partial charge < -0.3 is 8.83 Å². The summed E-state index contributed by atoms with van der Waals surface area (Å²) in [5.74, 6) is 0. The molecule has 59 heavy (non-hydrogen) atoms. The van der Waals surface area contributed by atoms with E-state index < -0.39 is 0 Å². The molecule has 13 rings (SSSR count). The van der Waals surface area contributed by atoms with Crippen LogP contribution < -0.4 is 0 Å². The molecule has 0 fully saturated rings. The minimum absolute atomic E-state index is 0.121. The van der Waals surface area contributed by atoms with Gasteiger partial charge in [-0.05, 0) is 92.2 Å². The van der Waals surface area contributed by atoms with Gasteiger partial charge in [0.2, 0.25) is 0 Å². The molecule has 4 heteroatoms. The van der Waals surface area contributed by atoms with Crippen LogP contribution in [-0.2, 0) is 5.41 Å². The van der Waals surface area contributed by atoms with E-state index in [1.54, 1.807) is 0 Å². The van der Waals surface area contributed by atoms with Crippen LogP contribution in [0.5, 0.6) is 0 Å². The summed E-state index contributed by atoms with van der Waals surface area (Å²) in [6.45, 7) is 4.68. The van der Waals surface area contributed by atoms with E-state index in [1.165, 1.54) is 33.0 Å². The molecule has 9 aromatic carbocycles. The summed E-state index contributed by atoms with van der Waals surface area (Å²) in [5, 5.41) is 8.76. The summed E-state index contributed by atoms with van der Waals surface area (Å²) in [4.78, 5) is 10.4. The topological polar surface area (TPSA) is 52.1 Å². The van der Waals surface area contributed by atoms with Crippen molar-refractivity contribution < 1.29 is 8.83 Å². The fourth-order valence-corrected chi connectivity index (χ4v) is 10.0. The van der Waals surface area contributed by atoms with Gasteiger partial charge in [0.15, 0.2) is 0 Å². The van der Waals surface area contributed by atoms with Crippen molar-refractivity contribution in [2.75, 3.05) is 0 Å². The van der Waals surface area contributed by atoms with Gasteiger partial charge in [-0.15, -0.1) is 0 Å². The Morgan fingerprint density at radius 1 is 0.407 bits per heavy atom. The average Bonchev–Trinajstić information content (AvgIpc) is 3.93. The van der Waals surface area contributed by atoms with Gasteiger partial charge in [0, 0.05) is 43.5 Å². The number of para-hydroxylation sites is 1. The molecule has 0 saturated heterocycles. The smallest absolute Gasteiger partial charge is 0.147 e. The van der Waals surface area contributed by atoms with Gasteiger partial charge in [-0.25, -0.2) is 4.98 Å². The van der Waals surface area contributed by atoms with E-state index in [1.807, 2.05) is 18.3 Å². The molecule has 1 aliphatic carbocycles. The van der Waals surface area contributed by atoms with Crippen molar-refractivity contribution in [3.8, 4) is 44.6 Å². The van der Waals surface area contributed by atoms with Gasteiger partial charge in [0.25, 0.3) is 0 Å². The van der Waals surface area contributed by atoms with Crippen molar-refractivity contribution in [2.24, 2.45) is 0 Å². The summed E-state index contributed by atoms with van der Waals surface area (Å²) in [5.41, 5.74) is 16.5. The lowest BCUT2D eigenvalue weighted by Crippen LogP contribution is -2.14. The second kappa shape index (κ2) is 11.7. The lowest BCUT2D eigenvalue weighted by Gasteiger charge is -2.22. The summed E-state index contributed by atoms with van der Waals surface area (Å²) in [6, 6.07) is 58.5. The molecule has 3 heterocycles. The van der Waals surface area contributed by atoms with Crippen molar-refractivity contribution in [2.45, 2.75) is 19.3 Å². The van der Waals surface area contributed by atoms with E-state index in [9.17, 15) is 0 Å². The molecule has 1 aliphatic rings.